The number of Topliss-reactive ketones (excluding diaryl/α,β-unsaturated/α-hetero) is 1. The third-order valence-electron chi connectivity index (χ3n) is 4.03. The second-order valence-electron chi connectivity index (χ2n) is 5.85. The quantitative estimate of drug-likeness (QED) is 0.798. The van der Waals surface area contributed by atoms with E-state index in [1.54, 1.807) is 18.2 Å². The Morgan fingerprint density at radius 1 is 1.38 bits per heavy atom. The normalized spacial score (nSPS) is 17.6. The number of nitrogens with two attached hydrogens (primary N) is 1. The molecule has 1 aromatic carbocycles. The third kappa shape index (κ3) is 3.83. The van der Waals surface area contributed by atoms with Crippen molar-refractivity contribution in [2.75, 3.05) is 6.54 Å². The highest BCUT2D eigenvalue weighted by Crippen LogP contribution is 2.33. The van der Waals surface area contributed by atoms with Gasteiger partial charge in [0.25, 0.3) is 5.91 Å². The monoisotopic (exact) mass is 363 g/mol. The molecule has 3 N–H and O–H groups in total. The van der Waals surface area contributed by atoms with Crippen LogP contribution in [0.4, 0.5) is 0 Å². The van der Waals surface area contributed by atoms with Crippen molar-refractivity contribution in [3.05, 3.63) is 40.0 Å². The maximum atomic E-state index is 12.7. The first-order chi connectivity index (χ1) is 11.5. The molecule has 0 bridgehead atoms. The number of rotatable bonds is 5. The third-order valence-corrected chi connectivity index (χ3v) is 5.39. The first-order valence-corrected chi connectivity index (χ1v) is 9.07. The van der Waals surface area contributed by atoms with Gasteiger partial charge in [-0.3, -0.25) is 9.59 Å². The van der Waals surface area contributed by atoms with Gasteiger partial charge in [-0.05, 0) is 37.1 Å². The zero-order valence-electron chi connectivity index (χ0n) is 13.0. The molecule has 1 amide bonds. The lowest BCUT2D eigenvalue weighted by atomic mass is 9.98. The number of thiazole rings is 1. The van der Waals surface area contributed by atoms with Crippen LogP contribution in [0.2, 0.25) is 5.02 Å². The Balaban J connectivity index is 1.93. The Hall–Kier alpha value is -1.76. The number of nitrogens with one attached hydrogen (secondary N) is 1. The summed E-state index contributed by atoms with van der Waals surface area (Å²) in [5, 5.41) is 4.07. The lowest BCUT2D eigenvalue weighted by Crippen LogP contribution is -2.35. The maximum Gasteiger partial charge on any atom is 0.277 e. The van der Waals surface area contributed by atoms with E-state index in [1.165, 1.54) is 0 Å². The number of hydrogen-bond acceptors (Lipinski definition) is 5. The second kappa shape index (κ2) is 7.42. The molecule has 0 radical (unpaired) electrons. The average molecular weight is 364 g/mol. The van der Waals surface area contributed by atoms with Gasteiger partial charge >= 0.3 is 0 Å². The topological polar surface area (TPSA) is 85.1 Å². The van der Waals surface area contributed by atoms with Crippen molar-refractivity contribution in [2.24, 2.45) is 5.73 Å². The van der Waals surface area contributed by atoms with E-state index in [0.29, 0.717) is 22.0 Å². The van der Waals surface area contributed by atoms with E-state index >= 15 is 0 Å². The standard InChI is InChI=1S/C17H18ClN3O2S/c18-11-5-3-4-10(8-11)15-14(21-17(24-15)16(19)23)13(22)9-12-6-1-2-7-20-12/h3-5,8,12,20H,1-2,6-7,9H2,(H2,19,23)/t12-/m1/s1. The van der Waals surface area contributed by atoms with Gasteiger partial charge in [0.1, 0.15) is 5.69 Å². The highest BCUT2D eigenvalue weighted by atomic mass is 35.5. The Morgan fingerprint density at radius 2 is 2.21 bits per heavy atom. The van der Waals surface area contributed by atoms with Crippen molar-refractivity contribution < 1.29 is 9.59 Å². The molecule has 1 aliphatic heterocycles. The molecular weight excluding hydrogens is 346 g/mol. The maximum absolute atomic E-state index is 12.7. The van der Waals surface area contributed by atoms with E-state index in [1.807, 2.05) is 6.07 Å². The summed E-state index contributed by atoms with van der Waals surface area (Å²) >= 11 is 7.18. The molecule has 0 saturated carbocycles. The fourth-order valence-electron chi connectivity index (χ4n) is 2.86. The number of amides is 1. The van der Waals surface area contributed by atoms with E-state index < -0.39 is 5.91 Å². The number of piperidine rings is 1. The molecule has 1 aromatic heterocycles. The lowest BCUT2D eigenvalue weighted by molar-refractivity contribution is 0.0960. The van der Waals surface area contributed by atoms with Crippen LogP contribution >= 0.6 is 22.9 Å². The average Bonchev–Trinajstić information content (AvgIpc) is 3.01. The minimum absolute atomic E-state index is 0.0758. The summed E-state index contributed by atoms with van der Waals surface area (Å²) < 4.78 is 0. The number of halogens is 1. The van der Waals surface area contributed by atoms with Crippen molar-refractivity contribution >= 4 is 34.6 Å². The number of carbonyl (C=O) groups excluding carboxylic acids is 2. The minimum atomic E-state index is -0.627. The minimum Gasteiger partial charge on any atom is -0.364 e. The fourth-order valence-corrected chi connectivity index (χ4v) is 3.98. The summed E-state index contributed by atoms with van der Waals surface area (Å²) in [6.45, 7) is 0.933. The predicted octanol–water partition coefficient (Wildman–Crippen LogP) is 3.28. The summed E-state index contributed by atoms with van der Waals surface area (Å²) in [7, 11) is 0. The molecule has 2 aromatic rings. The summed E-state index contributed by atoms with van der Waals surface area (Å²) in [5.74, 6) is -0.703. The molecule has 3 rings (SSSR count). The first kappa shape index (κ1) is 17.1. The van der Waals surface area contributed by atoms with Gasteiger partial charge in [0.15, 0.2) is 10.8 Å². The number of primary amides is 1. The molecule has 7 heteroatoms. The van der Waals surface area contributed by atoms with Crippen LogP contribution in [0.25, 0.3) is 10.4 Å². The Bertz CT molecular complexity index is 769. The van der Waals surface area contributed by atoms with Gasteiger partial charge in [0, 0.05) is 17.5 Å². The van der Waals surface area contributed by atoms with Crippen LogP contribution in [0.1, 0.15) is 46.0 Å². The van der Waals surface area contributed by atoms with Crippen LogP contribution in [0.15, 0.2) is 24.3 Å². The van der Waals surface area contributed by atoms with E-state index in [-0.39, 0.29) is 16.8 Å². The van der Waals surface area contributed by atoms with Crippen molar-refractivity contribution in [3.8, 4) is 10.4 Å². The van der Waals surface area contributed by atoms with Crippen molar-refractivity contribution in [3.63, 3.8) is 0 Å². The van der Waals surface area contributed by atoms with Crippen LogP contribution in [-0.2, 0) is 0 Å². The van der Waals surface area contributed by atoms with Gasteiger partial charge < -0.3 is 11.1 Å². The van der Waals surface area contributed by atoms with Crippen LogP contribution in [0, 0.1) is 0 Å². The van der Waals surface area contributed by atoms with Crippen LogP contribution < -0.4 is 11.1 Å². The van der Waals surface area contributed by atoms with Crippen molar-refractivity contribution in [1.82, 2.24) is 10.3 Å². The largest absolute Gasteiger partial charge is 0.364 e. The first-order valence-electron chi connectivity index (χ1n) is 7.88. The molecule has 126 valence electrons. The van der Waals surface area contributed by atoms with Crippen LogP contribution in [0.5, 0.6) is 0 Å². The molecule has 24 heavy (non-hydrogen) atoms. The number of carbonyl (C=O) groups is 2. The number of benzene rings is 1. The second-order valence-corrected chi connectivity index (χ2v) is 7.28. The predicted molar refractivity (Wildman–Crippen MR) is 95.7 cm³/mol. The van der Waals surface area contributed by atoms with Crippen molar-refractivity contribution in [2.45, 2.75) is 31.7 Å². The zero-order chi connectivity index (χ0) is 17.1. The number of ketones is 1. The molecule has 1 aliphatic rings. The molecule has 0 spiro atoms. The highest BCUT2D eigenvalue weighted by Gasteiger charge is 2.24. The lowest BCUT2D eigenvalue weighted by Gasteiger charge is -2.22. The molecule has 0 unspecified atom stereocenters. The molecule has 5 nitrogen and oxygen atoms in total. The fraction of sp³-hybridized carbons (Fsp3) is 0.353. The van der Waals surface area contributed by atoms with E-state index in [0.717, 1.165) is 42.7 Å². The van der Waals surface area contributed by atoms with Gasteiger partial charge in [-0.25, -0.2) is 4.98 Å². The summed E-state index contributed by atoms with van der Waals surface area (Å²) in [4.78, 5) is 29.1. The summed E-state index contributed by atoms with van der Waals surface area (Å²) in [6, 6.07) is 7.33. The smallest absolute Gasteiger partial charge is 0.277 e. The summed E-state index contributed by atoms with van der Waals surface area (Å²) in [6.07, 6.45) is 3.61. The van der Waals surface area contributed by atoms with Gasteiger partial charge in [-0.1, -0.05) is 30.2 Å². The molecule has 1 atom stereocenters. The van der Waals surface area contributed by atoms with Gasteiger partial charge in [0.05, 0.1) is 4.88 Å². The Labute approximate surface area is 149 Å². The number of aromatic nitrogens is 1. The molecular formula is C17H18ClN3O2S. The van der Waals surface area contributed by atoms with E-state index in [4.69, 9.17) is 17.3 Å². The van der Waals surface area contributed by atoms with Gasteiger partial charge in [-0.2, -0.15) is 0 Å². The summed E-state index contributed by atoms with van der Waals surface area (Å²) in [5.41, 5.74) is 6.43. The Kier molecular flexibility index (Phi) is 5.28. The highest BCUT2D eigenvalue weighted by molar-refractivity contribution is 7.17. The van der Waals surface area contributed by atoms with Gasteiger partial charge in [0.2, 0.25) is 0 Å². The van der Waals surface area contributed by atoms with E-state index in [9.17, 15) is 9.59 Å². The molecule has 1 saturated heterocycles. The number of hydrogen-bond donors (Lipinski definition) is 2. The molecule has 1 fully saturated rings. The molecule has 0 aliphatic carbocycles. The molecule has 2 heterocycles. The SMILES string of the molecule is NC(=O)c1nc(C(=O)C[C@H]2CCCCN2)c(-c2cccc(Cl)c2)s1. The van der Waals surface area contributed by atoms with Crippen LogP contribution in [-0.4, -0.2) is 29.3 Å². The van der Waals surface area contributed by atoms with E-state index in [2.05, 4.69) is 10.3 Å². The zero-order valence-corrected chi connectivity index (χ0v) is 14.6. The van der Waals surface area contributed by atoms with Gasteiger partial charge in [-0.15, -0.1) is 11.3 Å². The number of nitrogens with zero attached hydrogens (tertiary/aromatic N) is 1. The Morgan fingerprint density at radius 3 is 2.88 bits per heavy atom. The van der Waals surface area contributed by atoms with Crippen molar-refractivity contribution in [1.29, 1.82) is 0 Å². The van der Waals surface area contributed by atoms with Crippen LogP contribution in [0.3, 0.4) is 0 Å².